The number of halogens is 2. The van der Waals surface area contributed by atoms with Crippen molar-refractivity contribution in [3.63, 3.8) is 0 Å². The van der Waals surface area contributed by atoms with Gasteiger partial charge in [0.2, 0.25) is 5.82 Å². The molecule has 0 saturated carbocycles. The predicted molar refractivity (Wildman–Crippen MR) is 65.7 cm³/mol. The Hall–Kier alpha value is -1.50. The minimum atomic E-state index is -0.469. The van der Waals surface area contributed by atoms with Gasteiger partial charge in [-0.25, -0.2) is 4.39 Å². The Morgan fingerprint density at radius 2 is 2.17 bits per heavy atom. The standard InChI is InChI=1S/C11H12FN3O2.ClH/c1-16-9(6-13)11-14-10(15-17-11)7-4-2-3-5-8(7)12;/h2-5,9H,6,13H2,1H3;1H. The first-order valence-electron chi connectivity index (χ1n) is 5.07. The lowest BCUT2D eigenvalue weighted by atomic mass is 10.2. The van der Waals surface area contributed by atoms with E-state index >= 15 is 0 Å². The number of nitrogens with zero attached hydrogens (tertiary/aromatic N) is 2. The highest BCUT2D eigenvalue weighted by molar-refractivity contribution is 5.85. The summed E-state index contributed by atoms with van der Waals surface area (Å²) >= 11 is 0. The van der Waals surface area contributed by atoms with E-state index in [1.54, 1.807) is 18.2 Å². The summed E-state index contributed by atoms with van der Waals surface area (Å²) in [6.45, 7) is 0.218. The van der Waals surface area contributed by atoms with Crippen LogP contribution in [0.2, 0.25) is 0 Å². The zero-order valence-electron chi connectivity index (χ0n) is 9.67. The molecule has 1 atom stereocenters. The molecule has 0 bridgehead atoms. The van der Waals surface area contributed by atoms with Crippen molar-refractivity contribution < 1.29 is 13.7 Å². The first kappa shape index (κ1) is 14.6. The first-order chi connectivity index (χ1) is 8.26. The summed E-state index contributed by atoms with van der Waals surface area (Å²) in [5.41, 5.74) is 5.75. The quantitative estimate of drug-likeness (QED) is 0.921. The fourth-order valence-corrected chi connectivity index (χ4v) is 1.42. The van der Waals surface area contributed by atoms with Crippen LogP contribution in [0.5, 0.6) is 0 Å². The third kappa shape index (κ3) is 2.84. The average Bonchev–Trinajstić information content (AvgIpc) is 2.81. The van der Waals surface area contributed by atoms with Crippen LogP contribution in [0.3, 0.4) is 0 Å². The van der Waals surface area contributed by atoms with E-state index in [0.29, 0.717) is 0 Å². The average molecular weight is 274 g/mol. The van der Waals surface area contributed by atoms with Crippen molar-refractivity contribution in [2.45, 2.75) is 6.10 Å². The van der Waals surface area contributed by atoms with E-state index in [4.69, 9.17) is 15.0 Å². The molecule has 0 amide bonds. The Bertz CT molecular complexity index is 503. The number of methoxy groups -OCH3 is 1. The minimum Gasteiger partial charge on any atom is -0.370 e. The summed E-state index contributed by atoms with van der Waals surface area (Å²) in [5.74, 6) is 0.0309. The van der Waals surface area contributed by atoms with Crippen molar-refractivity contribution in [1.82, 2.24) is 10.1 Å². The fraction of sp³-hybridized carbons (Fsp3) is 0.273. The van der Waals surface area contributed by atoms with Gasteiger partial charge in [-0.05, 0) is 12.1 Å². The second kappa shape index (κ2) is 6.44. The molecule has 0 saturated heterocycles. The number of ether oxygens (including phenoxy) is 1. The molecule has 7 heteroatoms. The van der Waals surface area contributed by atoms with Crippen LogP contribution in [0.4, 0.5) is 4.39 Å². The number of nitrogens with two attached hydrogens (primary N) is 1. The Labute approximate surface area is 110 Å². The van der Waals surface area contributed by atoms with Gasteiger partial charge in [0.25, 0.3) is 5.89 Å². The zero-order valence-corrected chi connectivity index (χ0v) is 10.5. The molecule has 0 aliphatic rings. The molecule has 98 valence electrons. The maximum atomic E-state index is 13.5. The summed E-state index contributed by atoms with van der Waals surface area (Å²) in [4.78, 5) is 4.06. The van der Waals surface area contributed by atoms with Crippen molar-refractivity contribution >= 4 is 12.4 Å². The molecule has 0 fully saturated rings. The number of hydrogen-bond acceptors (Lipinski definition) is 5. The minimum absolute atomic E-state index is 0. The molecule has 0 radical (unpaired) electrons. The molecule has 1 heterocycles. The summed E-state index contributed by atoms with van der Waals surface area (Å²) in [7, 11) is 1.49. The molecule has 0 spiro atoms. The van der Waals surface area contributed by atoms with Crippen LogP contribution < -0.4 is 5.73 Å². The van der Waals surface area contributed by atoms with E-state index in [1.165, 1.54) is 13.2 Å². The topological polar surface area (TPSA) is 74.2 Å². The SMILES string of the molecule is COC(CN)c1nc(-c2ccccc2F)no1.Cl. The second-order valence-electron chi connectivity index (χ2n) is 3.40. The number of hydrogen-bond donors (Lipinski definition) is 1. The zero-order chi connectivity index (χ0) is 12.3. The molecule has 18 heavy (non-hydrogen) atoms. The van der Waals surface area contributed by atoms with E-state index in [0.717, 1.165) is 0 Å². The van der Waals surface area contributed by atoms with E-state index in [9.17, 15) is 4.39 Å². The van der Waals surface area contributed by atoms with E-state index in [-0.39, 0.29) is 36.2 Å². The maximum absolute atomic E-state index is 13.5. The van der Waals surface area contributed by atoms with Crippen LogP contribution in [0, 0.1) is 5.82 Å². The van der Waals surface area contributed by atoms with Crippen molar-refractivity contribution in [1.29, 1.82) is 0 Å². The molecule has 1 aromatic carbocycles. The van der Waals surface area contributed by atoms with E-state index < -0.39 is 11.9 Å². The third-order valence-corrected chi connectivity index (χ3v) is 2.33. The molecule has 0 aliphatic carbocycles. The number of aromatic nitrogens is 2. The van der Waals surface area contributed by atoms with Crippen LogP contribution in [-0.4, -0.2) is 23.8 Å². The van der Waals surface area contributed by atoms with Crippen LogP contribution in [0.25, 0.3) is 11.4 Å². The highest BCUT2D eigenvalue weighted by atomic mass is 35.5. The van der Waals surface area contributed by atoms with Gasteiger partial charge in [-0.15, -0.1) is 12.4 Å². The molecule has 1 aromatic heterocycles. The maximum Gasteiger partial charge on any atom is 0.257 e. The Kier molecular flexibility index (Phi) is 5.21. The largest absolute Gasteiger partial charge is 0.370 e. The second-order valence-corrected chi connectivity index (χ2v) is 3.40. The highest BCUT2D eigenvalue weighted by Gasteiger charge is 2.18. The molecule has 0 aliphatic heterocycles. The van der Waals surface area contributed by atoms with Gasteiger partial charge >= 0.3 is 0 Å². The molecule has 2 rings (SSSR count). The monoisotopic (exact) mass is 273 g/mol. The van der Waals surface area contributed by atoms with Crippen molar-refractivity contribution in [3.05, 3.63) is 36.0 Å². The normalized spacial score (nSPS) is 11.9. The van der Waals surface area contributed by atoms with Gasteiger partial charge in [-0.3, -0.25) is 0 Å². The van der Waals surface area contributed by atoms with Gasteiger partial charge in [-0.1, -0.05) is 17.3 Å². The molecule has 2 N–H and O–H groups in total. The van der Waals surface area contributed by atoms with Crippen LogP contribution in [0.15, 0.2) is 28.8 Å². The van der Waals surface area contributed by atoms with Gasteiger partial charge in [0.1, 0.15) is 11.9 Å². The Balaban J connectivity index is 0.00000162. The summed E-state index contributed by atoms with van der Waals surface area (Å²) < 4.78 is 23.5. The van der Waals surface area contributed by atoms with Gasteiger partial charge in [-0.2, -0.15) is 4.98 Å². The predicted octanol–water partition coefficient (Wildman–Crippen LogP) is 1.94. The van der Waals surface area contributed by atoms with Crippen LogP contribution >= 0.6 is 12.4 Å². The summed E-state index contributed by atoms with van der Waals surface area (Å²) in [6.07, 6.45) is -0.469. The van der Waals surface area contributed by atoms with Crippen LogP contribution in [0.1, 0.15) is 12.0 Å². The van der Waals surface area contributed by atoms with Crippen molar-refractivity contribution in [2.24, 2.45) is 5.73 Å². The van der Waals surface area contributed by atoms with E-state index in [2.05, 4.69) is 10.1 Å². The smallest absolute Gasteiger partial charge is 0.257 e. The number of rotatable bonds is 4. The molecular weight excluding hydrogens is 261 g/mol. The summed E-state index contributed by atoms with van der Waals surface area (Å²) in [6, 6.07) is 6.21. The van der Waals surface area contributed by atoms with Gasteiger partial charge < -0.3 is 15.0 Å². The molecular formula is C11H13ClFN3O2. The third-order valence-electron chi connectivity index (χ3n) is 2.33. The van der Waals surface area contributed by atoms with E-state index in [1.807, 2.05) is 0 Å². The van der Waals surface area contributed by atoms with Crippen LogP contribution in [-0.2, 0) is 4.74 Å². The lowest BCUT2D eigenvalue weighted by Crippen LogP contribution is -2.14. The molecule has 5 nitrogen and oxygen atoms in total. The van der Waals surface area contributed by atoms with Crippen molar-refractivity contribution in [2.75, 3.05) is 13.7 Å². The summed E-state index contributed by atoms with van der Waals surface area (Å²) in [5, 5.41) is 3.70. The first-order valence-corrected chi connectivity index (χ1v) is 5.07. The number of benzene rings is 1. The fourth-order valence-electron chi connectivity index (χ4n) is 1.42. The van der Waals surface area contributed by atoms with Gasteiger partial charge in [0.15, 0.2) is 0 Å². The highest BCUT2D eigenvalue weighted by Crippen LogP contribution is 2.21. The molecule has 1 unspecified atom stereocenters. The molecule has 2 aromatic rings. The van der Waals surface area contributed by atoms with Gasteiger partial charge in [0, 0.05) is 13.7 Å². The Morgan fingerprint density at radius 1 is 1.44 bits per heavy atom. The van der Waals surface area contributed by atoms with Gasteiger partial charge in [0.05, 0.1) is 5.56 Å². The lowest BCUT2D eigenvalue weighted by molar-refractivity contribution is 0.0804. The Morgan fingerprint density at radius 3 is 2.78 bits per heavy atom. The lowest BCUT2D eigenvalue weighted by Gasteiger charge is -2.05. The van der Waals surface area contributed by atoms with Crippen molar-refractivity contribution in [3.8, 4) is 11.4 Å².